The summed E-state index contributed by atoms with van der Waals surface area (Å²) in [6.45, 7) is 2.15. The summed E-state index contributed by atoms with van der Waals surface area (Å²) < 4.78 is 5.15. The Hall–Kier alpha value is -1.69. The number of rotatable bonds is 5. The highest BCUT2D eigenvalue weighted by molar-refractivity contribution is 7.80. The van der Waals surface area contributed by atoms with Gasteiger partial charge in [0.05, 0.1) is 16.5 Å². The number of hydrogen-bond donors (Lipinski definition) is 1. The van der Waals surface area contributed by atoms with Crippen LogP contribution in [0.4, 0.5) is 5.69 Å². The first kappa shape index (κ1) is 12.4. The molecule has 0 radical (unpaired) electrons. The van der Waals surface area contributed by atoms with Gasteiger partial charge in [-0.25, -0.2) is 0 Å². The van der Waals surface area contributed by atoms with E-state index in [9.17, 15) is 10.1 Å². The van der Waals surface area contributed by atoms with Gasteiger partial charge in [-0.05, 0) is 18.6 Å². The van der Waals surface area contributed by atoms with E-state index in [-0.39, 0.29) is 11.4 Å². The maximum Gasteiger partial charge on any atom is 0.311 e. The minimum atomic E-state index is -0.478. The average Bonchev–Trinajstić information content (AvgIpc) is 2.19. The van der Waals surface area contributed by atoms with Gasteiger partial charge in [0.15, 0.2) is 5.75 Å². The number of nitro groups is 1. The molecule has 0 heterocycles. The molecule has 0 fully saturated rings. The molecule has 0 aliphatic heterocycles. The molecule has 0 aromatic heterocycles. The van der Waals surface area contributed by atoms with E-state index < -0.39 is 4.92 Å². The first-order chi connectivity index (χ1) is 7.54. The molecule has 1 rings (SSSR count). The van der Waals surface area contributed by atoms with E-state index in [0.717, 1.165) is 0 Å². The second-order valence-electron chi connectivity index (χ2n) is 3.14. The van der Waals surface area contributed by atoms with Crippen molar-refractivity contribution < 1.29 is 9.66 Å². The highest BCUT2D eigenvalue weighted by atomic mass is 32.1. The van der Waals surface area contributed by atoms with Crippen molar-refractivity contribution in [2.75, 3.05) is 6.61 Å². The smallest absolute Gasteiger partial charge is 0.311 e. The van der Waals surface area contributed by atoms with Crippen molar-refractivity contribution in [1.29, 1.82) is 0 Å². The predicted molar refractivity (Wildman–Crippen MR) is 64.8 cm³/mol. The lowest BCUT2D eigenvalue weighted by atomic mass is 10.1. The summed E-state index contributed by atoms with van der Waals surface area (Å²) in [6.07, 6.45) is 0.350. The highest BCUT2D eigenvalue weighted by Gasteiger charge is 2.15. The van der Waals surface area contributed by atoms with Gasteiger partial charge in [0, 0.05) is 12.5 Å². The first-order valence-corrected chi connectivity index (χ1v) is 5.13. The molecular weight excluding hydrogens is 228 g/mol. The standard InChI is InChI=1S/C10H12N2O3S/c1-2-15-9-4-3-7(6-10(11)16)5-8(9)12(13)14/h3-5H,2,6H2,1H3,(H2,11,16). The fourth-order valence-corrected chi connectivity index (χ4v) is 1.46. The zero-order chi connectivity index (χ0) is 12.1. The minimum absolute atomic E-state index is 0.0596. The van der Waals surface area contributed by atoms with Crippen molar-refractivity contribution in [3.8, 4) is 5.75 Å². The molecule has 0 aliphatic carbocycles. The van der Waals surface area contributed by atoms with Crippen LogP contribution in [0, 0.1) is 10.1 Å². The van der Waals surface area contributed by atoms with Gasteiger partial charge >= 0.3 is 5.69 Å². The Labute approximate surface area is 98.4 Å². The second kappa shape index (κ2) is 5.41. The summed E-state index contributed by atoms with van der Waals surface area (Å²) in [5.41, 5.74) is 6.03. The Morgan fingerprint density at radius 3 is 2.81 bits per heavy atom. The maximum atomic E-state index is 10.8. The summed E-state index contributed by atoms with van der Waals surface area (Å²) in [6, 6.07) is 4.72. The molecule has 6 heteroatoms. The number of nitrogens with zero attached hydrogens (tertiary/aromatic N) is 1. The van der Waals surface area contributed by atoms with E-state index in [2.05, 4.69) is 0 Å². The molecule has 86 valence electrons. The lowest BCUT2D eigenvalue weighted by Gasteiger charge is -2.05. The molecule has 2 N–H and O–H groups in total. The van der Waals surface area contributed by atoms with Crippen LogP contribution in [0.2, 0.25) is 0 Å². The Morgan fingerprint density at radius 2 is 2.31 bits per heavy atom. The second-order valence-corrected chi connectivity index (χ2v) is 3.66. The monoisotopic (exact) mass is 240 g/mol. The van der Waals surface area contributed by atoms with Crippen LogP contribution in [-0.2, 0) is 6.42 Å². The van der Waals surface area contributed by atoms with Gasteiger partial charge in [0.2, 0.25) is 0 Å². The third-order valence-electron chi connectivity index (χ3n) is 1.90. The van der Waals surface area contributed by atoms with Crippen LogP contribution in [0.25, 0.3) is 0 Å². The topological polar surface area (TPSA) is 78.4 Å². The van der Waals surface area contributed by atoms with E-state index in [1.807, 2.05) is 0 Å². The van der Waals surface area contributed by atoms with Crippen LogP contribution in [0.3, 0.4) is 0 Å². The Kier molecular flexibility index (Phi) is 4.19. The van der Waals surface area contributed by atoms with E-state index in [4.69, 9.17) is 22.7 Å². The minimum Gasteiger partial charge on any atom is -0.487 e. The molecule has 0 amide bonds. The molecule has 0 aliphatic rings. The Morgan fingerprint density at radius 1 is 1.62 bits per heavy atom. The van der Waals surface area contributed by atoms with Crippen LogP contribution in [0.1, 0.15) is 12.5 Å². The quantitative estimate of drug-likeness (QED) is 0.482. The summed E-state index contributed by atoms with van der Waals surface area (Å²) in [7, 11) is 0. The van der Waals surface area contributed by atoms with Gasteiger partial charge in [-0.1, -0.05) is 18.3 Å². The van der Waals surface area contributed by atoms with E-state index in [0.29, 0.717) is 23.6 Å². The van der Waals surface area contributed by atoms with Crippen LogP contribution in [0.15, 0.2) is 18.2 Å². The zero-order valence-corrected chi connectivity index (χ0v) is 9.62. The number of benzene rings is 1. The van der Waals surface area contributed by atoms with Crippen LogP contribution in [-0.4, -0.2) is 16.5 Å². The fraction of sp³-hybridized carbons (Fsp3) is 0.300. The third-order valence-corrected chi connectivity index (χ3v) is 2.04. The molecule has 0 bridgehead atoms. The average molecular weight is 240 g/mol. The molecule has 0 unspecified atom stereocenters. The van der Waals surface area contributed by atoms with Crippen molar-refractivity contribution in [2.45, 2.75) is 13.3 Å². The lowest BCUT2D eigenvalue weighted by molar-refractivity contribution is -0.385. The summed E-state index contributed by atoms with van der Waals surface area (Å²) in [5.74, 6) is 0.263. The van der Waals surface area contributed by atoms with Crippen LogP contribution in [0.5, 0.6) is 5.75 Å². The molecule has 0 saturated carbocycles. The van der Waals surface area contributed by atoms with Crippen molar-refractivity contribution in [3.05, 3.63) is 33.9 Å². The van der Waals surface area contributed by atoms with Crippen LogP contribution < -0.4 is 10.5 Å². The first-order valence-electron chi connectivity index (χ1n) is 4.73. The SMILES string of the molecule is CCOc1ccc(CC(N)=S)cc1[N+](=O)[O-]. The van der Waals surface area contributed by atoms with Crippen molar-refractivity contribution in [2.24, 2.45) is 5.73 Å². The molecule has 1 aromatic rings. The van der Waals surface area contributed by atoms with Crippen LogP contribution >= 0.6 is 12.2 Å². The molecule has 5 nitrogen and oxygen atoms in total. The normalized spacial score (nSPS) is 9.81. The number of nitrogens with two attached hydrogens (primary N) is 1. The van der Waals surface area contributed by atoms with E-state index >= 15 is 0 Å². The van der Waals surface area contributed by atoms with Gasteiger partial charge in [-0.15, -0.1) is 0 Å². The Balaban J connectivity index is 3.06. The van der Waals surface area contributed by atoms with Gasteiger partial charge < -0.3 is 10.5 Å². The molecule has 16 heavy (non-hydrogen) atoms. The Bertz CT molecular complexity index is 421. The fourth-order valence-electron chi connectivity index (χ4n) is 1.29. The largest absolute Gasteiger partial charge is 0.487 e. The third kappa shape index (κ3) is 3.16. The van der Waals surface area contributed by atoms with Gasteiger partial charge in [0.1, 0.15) is 0 Å². The van der Waals surface area contributed by atoms with Gasteiger partial charge in [0.25, 0.3) is 0 Å². The molecule has 0 saturated heterocycles. The van der Waals surface area contributed by atoms with E-state index in [1.165, 1.54) is 6.07 Å². The maximum absolute atomic E-state index is 10.8. The van der Waals surface area contributed by atoms with Crippen molar-refractivity contribution in [3.63, 3.8) is 0 Å². The molecule has 0 atom stereocenters. The van der Waals surface area contributed by atoms with Crippen molar-refractivity contribution >= 4 is 22.9 Å². The zero-order valence-electron chi connectivity index (χ0n) is 8.80. The molecular formula is C10H12N2O3S. The number of hydrogen-bond acceptors (Lipinski definition) is 4. The lowest BCUT2D eigenvalue weighted by Crippen LogP contribution is -2.11. The summed E-state index contributed by atoms with van der Waals surface area (Å²) >= 11 is 4.75. The highest BCUT2D eigenvalue weighted by Crippen LogP contribution is 2.28. The predicted octanol–water partition coefficient (Wildman–Crippen LogP) is 1.82. The van der Waals surface area contributed by atoms with Gasteiger partial charge in [-0.2, -0.15) is 0 Å². The van der Waals surface area contributed by atoms with E-state index in [1.54, 1.807) is 19.1 Å². The number of thiocarbonyl (C=S) groups is 1. The summed E-state index contributed by atoms with van der Waals surface area (Å²) in [5, 5.41) is 10.8. The number of nitro benzene ring substituents is 1. The van der Waals surface area contributed by atoms with Gasteiger partial charge in [-0.3, -0.25) is 10.1 Å². The number of ether oxygens (including phenoxy) is 1. The summed E-state index contributed by atoms with van der Waals surface area (Å²) in [4.78, 5) is 10.6. The molecule has 1 aromatic carbocycles. The van der Waals surface area contributed by atoms with Crippen molar-refractivity contribution in [1.82, 2.24) is 0 Å². The molecule has 0 spiro atoms.